The molecule has 2 aliphatic heterocycles. The number of ether oxygens (including phenoxy) is 3. The fourth-order valence-electron chi connectivity index (χ4n) is 3.81. The van der Waals surface area contributed by atoms with E-state index in [2.05, 4.69) is 31.6 Å². The number of aromatic nitrogens is 4. The molecular weight excluding hydrogens is 464 g/mol. The first-order valence-electron chi connectivity index (χ1n) is 10.4. The van der Waals surface area contributed by atoms with Crippen molar-refractivity contribution < 1.29 is 14.2 Å². The Bertz CT molecular complexity index is 1220. The third-order valence-corrected chi connectivity index (χ3v) is 8.20. The molecule has 1 atom stereocenters. The standard InChI is InChI=1S/C22H20N4O3S3/c1-3-16(27-7-1)10-26-20(19-4-2-8-30-19)24-25-22(26)32-12-15-11-31-21(23-15)14-5-6-17-18(9-14)29-13-28-17/h2,4-6,8-9,11,16H,1,3,7,10,12-13H2. The molecule has 0 radical (unpaired) electrons. The van der Waals surface area contributed by atoms with E-state index >= 15 is 0 Å². The van der Waals surface area contributed by atoms with Crippen LogP contribution in [0.3, 0.4) is 0 Å². The highest BCUT2D eigenvalue weighted by Crippen LogP contribution is 2.37. The normalized spacial score (nSPS) is 17.3. The van der Waals surface area contributed by atoms with Crippen LogP contribution in [0.1, 0.15) is 18.5 Å². The van der Waals surface area contributed by atoms with Crippen molar-refractivity contribution in [2.45, 2.75) is 36.4 Å². The maximum absolute atomic E-state index is 5.89. The van der Waals surface area contributed by atoms with Gasteiger partial charge in [0.05, 0.1) is 23.2 Å². The third-order valence-electron chi connectivity index (χ3n) is 5.39. The largest absolute Gasteiger partial charge is 0.454 e. The van der Waals surface area contributed by atoms with Gasteiger partial charge in [-0.15, -0.1) is 32.9 Å². The highest BCUT2D eigenvalue weighted by atomic mass is 32.2. The zero-order valence-corrected chi connectivity index (χ0v) is 19.5. The summed E-state index contributed by atoms with van der Waals surface area (Å²) in [6.45, 7) is 1.89. The molecule has 10 heteroatoms. The van der Waals surface area contributed by atoms with Crippen LogP contribution in [-0.4, -0.2) is 39.3 Å². The average Bonchev–Trinajstić information content (AvgIpc) is 3.63. The molecular formula is C22H20N4O3S3. The summed E-state index contributed by atoms with van der Waals surface area (Å²) < 4.78 is 19.0. The van der Waals surface area contributed by atoms with Crippen molar-refractivity contribution in [2.75, 3.05) is 13.4 Å². The Kier molecular flexibility index (Phi) is 5.60. The first kappa shape index (κ1) is 20.2. The number of thiazole rings is 1. The van der Waals surface area contributed by atoms with Crippen LogP contribution in [0.2, 0.25) is 0 Å². The minimum absolute atomic E-state index is 0.223. The summed E-state index contributed by atoms with van der Waals surface area (Å²) in [4.78, 5) is 5.96. The first-order valence-corrected chi connectivity index (χ1v) is 13.1. The predicted molar refractivity (Wildman–Crippen MR) is 126 cm³/mol. The zero-order chi connectivity index (χ0) is 21.3. The zero-order valence-electron chi connectivity index (χ0n) is 17.1. The lowest BCUT2D eigenvalue weighted by Gasteiger charge is -2.14. The van der Waals surface area contributed by atoms with E-state index in [1.54, 1.807) is 34.4 Å². The number of fused-ring (bicyclic) bond motifs is 1. The molecule has 6 rings (SSSR count). The molecule has 0 amide bonds. The Morgan fingerprint density at radius 2 is 2.09 bits per heavy atom. The van der Waals surface area contributed by atoms with E-state index in [4.69, 9.17) is 19.2 Å². The molecule has 5 heterocycles. The lowest BCUT2D eigenvalue weighted by molar-refractivity contribution is 0.0953. The molecule has 1 aromatic carbocycles. The van der Waals surface area contributed by atoms with Crippen molar-refractivity contribution in [3.63, 3.8) is 0 Å². The molecule has 164 valence electrons. The predicted octanol–water partition coefficient (Wildman–Crippen LogP) is 5.33. The maximum Gasteiger partial charge on any atom is 0.231 e. The monoisotopic (exact) mass is 484 g/mol. The summed E-state index contributed by atoms with van der Waals surface area (Å²) in [5.41, 5.74) is 2.06. The summed E-state index contributed by atoms with van der Waals surface area (Å²) in [5, 5.41) is 15.1. The first-order chi connectivity index (χ1) is 15.8. The van der Waals surface area contributed by atoms with E-state index in [9.17, 15) is 0 Å². The van der Waals surface area contributed by atoms with Gasteiger partial charge in [0.2, 0.25) is 6.79 Å². The van der Waals surface area contributed by atoms with Crippen molar-refractivity contribution in [3.8, 4) is 32.8 Å². The summed E-state index contributed by atoms with van der Waals surface area (Å²) in [6.07, 6.45) is 2.42. The highest BCUT2D eigenvalue weighted by molar-refractivity contribution is 7.98. The Morgan fingerprint density at radius 1 is 1.12 bits per heavy atom. The van der Waals surface area contributed by atoms with E-state index in [1.165, 1.54) is 0 Å². The van der Waals surface area contributed by atoms with Crippen molar-refractivity contribution in [1.29, 1.82) is 0 Å². The molecule has 1 saturated heterocycles. The van der Waals surface area contributed by atoms with E-state index in [1.807, 2.05) is 24.3 Å². The number of rotatable bonds is 7. The van der Waals surface area contributed by atoms with Crippen LogP contribution in [0.5, 0.6) is 11.5 Å². The Hall–Kier alpha value is -2.40. The van der Waals surface area contributed by atoms with Crippen molar-refractivity contribution in [1.82, 2.24) is 19.7 Å². The van der Waals surface area contributed by atoms with Crippen LogP contribution in [0, 0.1) is 0 Å². The van der Waals surface area contributed by atoms with Gasteiger partial charge in [0.1, 0.15) is 5.01 Å². The Labute approximate surface area is 197 Å². The number of hydrogen-bond acceptors (Lipinski definition) is 9. The summed E-state index contributed by atoms with van der Waals surface area (Å²) in [6, 6.07) is 10.1. The lowest BCUT2D eigenvalue weighted by atomic mass is 10.2. The van der Waals surface area contributed by atoms with Gasteiger partial charge < -0.3 is 14.2 Å². The fourth-order valence-corrected chi connectivity index (χ4v) is 6.29. The smallest absolute Gasteiger partial charge is 0.231 e. The lowest BCUT2D eigenvalue weighted by Crippen LogP contribution is -2.16. The molecule has 1 unspecified atom stereocenters. The summed E-state index contributed by atoms with van der Waals surface area (Å²) in [7, 11) is 0. The average molecular weight is 485 g/mol. The maximum atomic E-state index is 5.89. The molecule has 32 heavy (non-hydrogen) atoms. The minimum atomic E-state index is 0.223. The van der Waals surface area contributed by atoms with Crippen LogP contribution in [0.15, 0.2) is 46.2 Å². The minimum Gasteiger partial charge on any atom is -0.454 e. The van der Waals surface area contributed by atoms with Crippen LogP contribution in [-0.2, 0) is 17.0 Å². The fraction of sp³-hybridized carbons (Fsp3) is 0.318. The number of thioether (sulfide) groups is 1. The number of nitrogens with zero attached hydrogens (tertiary/aromatic N) is 4. The second-order valence-corrected chi connectivity index (χ2v) is 10.3. The van der Waals surface area contributed by atoms with Gasteiger partial charge >= 0.3 is 0 Å². The van der Waals surface area contributed by atoms with Gasteiger partial charge in [-0.3, -0.25) is 4.57 Å². The van der Waals surface area contributed by atoms with Crippen molar-refractivity contribution in [2.24, 2.45) is 0 Å². The van der Waals surface area contributed by atoms with Gasteiger partial charge in [0.15, 0.2) is 22.5 Å². The van der Waals surface area contributed by atoms with E-state index in [0.29, 0.717) is 0 Å². The SMILES string of the molecule is c1csc(-c2nnc(SCc3csc(-c4ccc5c(c4)OCO5)n3)n2CC2CCCO2)c1. The molecule has 0 bridgehead atoms. The van der Waals surface area contributed by atoms with E-state index < -0.39 is 0 Å². The summed E-state index contributed by atoms with van der Waals surface area (Å²) >= 11 is 4.99. The number of hydrogen-bond donors (Lipinski definition) is 0. The molecule has 0 saturated carbocycles. The van der Waals surface area contributed by atoms with Crippen LogP contribution < -0.4 is 9.47 Å². The molecule has 3 aromatic heterocycles. The Morgan fingerprint density at radius 3 is 2.97 bits per heavy atom. The van der Waals surface area contributed by atoms with E-state index in [-0.39, 0.29) is 12.9 Å². The van der Waals surface area contributed by atoms with Gasteiger partial charge in [-0.1, -0.05) is 17.8 Å². The van der Waals surface area contributed by atoms with Gasteiger partial charge in [-0.2, -0.15) is 0 Å². The van der Waals surface area contributed by atoms with Crippen molar-refractivity contribution in [3.05, 3.63) is 46.8 Å². The Balaban J connectivity index is 1.20. The van der Waals surface area contributed by atoms with Crippen LogP contribution in [0.4, 0.5) is 0 Å². The number of benzene rings is 1. The van der Waals surface area contributed by atoms with E-state index in [0.717, 1.165) is 75.4 Å². The topological polar surface area (TPSA) is 71.3 Å². The van der Waals surface area contributed by atoms with Gasteiger partial charge in [0.25, 0.3) is 0 Å². The quantitative estimate of drug-likeness (QED) is 0.328. The highest BCUT2D eigenvalue weighted by Gasteiger charge is 2.22. The molecule has 7 nitrogen and oxygen atoms in total. The second-order valence-electron chi connectivity index (χ2n) is 7.53. The molecule has 1 fully saturated rings. The van der Waals surface area contributed by atoms with Gasteiger partial charge in [-0.25, -0.2) is 4.98 Å². The molecule has 0 spiro atoms. The third kappa shape index (κ3) is 4.03. The molecule has 0 N–H and O–H groups in total. The van der Waals surface area contributed by atoms with Crippen molar-refractivity contribution >= 4 is 34.4 Å². The second kappa shape index (κ2) is 8.86. The molecule has 4 aromatic rings. The van der Waals surface area contributed by atoms with Gasteiger partial charge in [0, 0.05) is 23.3 Å². The van der Waals surface area contributed by atoms with Gasteiger partial charge in [-0.05, 0) is 42.5 Å². The molecule has 0 aliphatic carbocycles. The van der Waals surface area contributed by atoms with Crippen LogP contribution >= 0.6 is 34.4 Å². The molecule has 2 aliphatic rings. The number of thiophene rings is 1. The van der Waals surface area contributed by atoms with Crippen LogP contribution in [0.25, 0.3) is 21.3 Å². The summed E-state index contributed by atoms with van der Waals surface area (Å²) in [5.74, 6) is 3.21.